The van der Waals surface area contributed by atoms with E-state index in [4.69, 9.17) is 0 Å². The smallest absolute Gasteiger partial charge is 0.265 e. The minimum Gasteiger partial charge on any atom is -0.393 e. The Balaban J connectivity index is 2.10. The van der Waals surface area contributed by atoms with E-state index in [1.54, 1.807) is 4.52 Å². The fraction of sp³-hybridized carbons (Fsp3) is 0.538. The number of hydrogen-bond donors (Lipinski definition) is 1. The maximum atomic E-state index is 11.6. The van der Waals surface area contributed by atoms with Crippen molar-refractivity contribution in [3.63, 3.8) is 0 Å². The van der Waals surface area contributed by atoms with Crippen LogP contribution >= 0.6 is 15.9 Å². The van der Waals surface area contributed by atoms with Gasteiger partial charge in [0.05, 0.1) is 17.8 Å². The molecule has 114 valence electrons. The molecule has 8 heteroatoms. The molecule has 0 amide bonds. The van der Waals surface area contributed by atoms with Gasteiger partial charge in [-0.3, -0.25) is 0 Å². The molecule has 2 heterocycles. The number of fused-ring (bicyclic) bond motifs is 1. The second-order valence-corrected chi connectivity index (χ2v) is 8.30. The molecular formula is C13H16BrN3O3S. The van der Waals surface area contributed by atoms with E-state index >= 15 is 0 Å². The highest BCUT2D eigenvalue weighted by Gasteiger charge is 2.25. The quantitative estimate of drug-likeness (QED) is 0.868. The minimum absolute atomic E-state index is 0.171. The molecular weight excluding hydrogens is 358 g/mol. The lowest BCUT2D eigenvalue weighted by Crippen LogP contribution is -2.19. The molecule has 1 saturated carbocycles. The molecule has 0 atom stereocenters. The molecule has 0 unspecified atom stereocenters. The third-order valence-corrected chi connectivity index (χ3v) is 5.41. The van der Waals surface area contributed by atoms with Crippen LogP contribution in [0.25, 0.3) is 5.52 Å². The summed E-state index contributed by atoms with van der Waals surface area (Å²) in [5, 5.41) is 13.6. The zero-order chi connectivity index (χ0) is 15.2. The summed E-state index contributed by atoms with van der Waals surface area (Å²) in [7, 11) is -3.44. The van der Waals surface area contributed by atoms with Crippen molar-refractivity contribution in [1.82, 2.24) is 14.6 Å². The Hall–Kier alpha value is -0.990. The summed E-state index contributed by atoms with van der Waals surface area (Å²) >= 11 is 3.47. The molecule has 0 aliphatic heterocycles. The summed E-state index contributed by atoms with van der Waals surface area (Å²) in [5.41, 5.74) is 1.72. The average molecular weight is 374 g/mol. The Bertz CT molecular complexity index is 779. The average Bonchev–Trinajstić information content (AvgIpc) is 2.76. The van der Waals surface area contributed by atoms with E-state index in [9.17, 15) is 13.5 Å². The zero-order valence-corrected chi connectivity index (χ0v) is 13.9. The predicted molar refractivity (Wildman–Crippen MR) is 81.0 cm³/mol. The van der Waals surface area contributed by atoms with Crippen molar-refractivity contribution in [2.75, 3.05) is 6.26 Å². The van der Waals surface area contributed by atoms with Crippen LogP contribution < -0.4 is 0 Å². The molecule has 3 rings (SSSR count). The molecule has 2 aromatic rings. The molecule has 6 nitrogen and oxygen atoms in total. The lowest BCUT2D eigenvalue weighted by molar-refractivity contribution is 0.121. The van der Waals surface area contributed by atoms with E-state index in [2.05, 4.69) is 26.0 Å². The van der Waals surface area contributed by atoms with Crippen LogP contribution in [0.5, 0.6) is 0 Å². The first kappa shape index (κ1) is 14.9. The number of aliphatic hydroxyl groups excluding tert-OH is 1. The fourth-order valence-corrected chi connectivity index (χ4v) is 3.77. The van der Waals surface area contributed by atoms with Crippen molar-refractivity contribution in [2.45, 2.75) is 42.9 Å². The molecule has 0 saturated heterocycles. The van der Waals surface area contributed by atoms with Gasteiger partial charge in [0, 0.05) is 22.3 Å². The van der Waals surface area contributed by atoms with Gasteiger partial charge in [0.15, 0.2) is 0 Å². The van der Waals surface area contributed by atoms with Crippen LogP contribution in [0, 0.1) is 0 Å². The molecule has 21 heavy (non-hydrogen) atoms. The highest BCUT2D eigenvalue weighted by Crippen LogP contribution is 2.35. The Morgan fingerprint density at radius 2 is 2.00 bits per heavy atom. The van der Waals surface area contributed by atoms with Gasteiger partial charge in [-0.1, -0.05) is 0 Å². The lowest BCUT2D eigenvalue weighted by atomic mass is 9.85. The summed E-state index contributed by atoms with van der Waals surface area (Å²) < 4.78 is 25.8. The van der Waals surface area contributed by atoms with Gasteiger partial charge in [-0.05, 0) is 47.7 Å². The second-order valence-electron chi connectivity index (χ2n) is 5.53. The SMILES string of the molecule is CS(=O)(=O)c1ncc2c(Br)cc([C@H]3CC[C@H](O)CC3)n2n1. The van der Waals surface area contributed by atoms with Crippen LogP contribution in [0.4, 0.5) is 0 Å². The van der Waals surface area contributed by atoms with Gasteiger partial charge in [-0.2, -0.15) is 0 Å². The van der Waals surface area contributed by atoms with Crippen molar-refractivity contribution < 1.29 is 13.5 Å². The Labute approximate surface area is 131 Å². The van der Waals surface area contributed by atoms with E-state index in [-0.39, 0.29) is 17.2 Å². The van der Waals surface area contributed by atoms with E-state index in [1.807, 2.05) is 6.07 Å². The van der Waals surface area contributed by atoms with Crippen LogP contribution in [-0.2, 0) is 9.84 Å². The van der Waals surface area contributed by atoms with Crippen LogP contribution in [0.3, 0.4) is 0 Å². The number of nitrogens with zero attached hydrogens (tertiary/aromatic N) is 3. The molecule has 0 aromatic carbocycles. The first-order valence-corrected chi connectivity index (χ1v) is 9.47. The molecule has 2 aromatic heterocycles. The largest absolute Gasteiger partial charge is 0.393 e. The van der Waals surface area contributed by atoms with Crippen molar-refractivity contribution in [2.24, 2.45) is 0 Å². The molecule has 0 spiro atoms. The van der Waals surface area contributed by atoms with E-state index in [0.717, 1.165) is 47.6 Å². The van der Waals surface area contributed by atoms with Crippen LogP contribution in [0.15, 0.2) is 21.9 Å². The summed E-state index contributed by atoms with van der Waals surface area (Å²) in [4.78, 5) is 3.92. The molecule has 1 fully saturated rings. The van der Waals surface area contributed by atoms with Gasteiger partial charge in [0.2, 0.25) is 9.84 Å². The Morgan fingerprint density at radius 3 is 2.62 bits per heavy atom. The molecule has 1 N–H and O–H groups in total. The van der Waals surface area contributed by atoms with E-state index in [0.29, 0.717) is 0 Å². The molecule has 1 aliphatic carbocycles. The van der Waals surface area contributed by atoms with Gasteiger partial charge in [0.25, 0.3) is 5.16 Å². The van der Waals surface area contributed by atoms with Gasteiger partial charge in [0.1, 0.15) is 0 Å². The standard InChI is InChI=1S/C13H16BrN3O3S/c1-21(19,20)13-15-7-12-10(14)6-11(17(12)16-13)8-2-4-9(18)5-3-8/h6-9,18H,2-5H2,1H3/t8-,9-. The maximum Gasteiger partial charge on any atom is 0.265 e. The van der Waals surface area contributed by atoms with Gasteiger partial charge < -0.3 is 5.11 Å². The summed E-state index contributed by atoms with van der Waals surface area (Å²) in [6, 6.07) is 1.97. The normalized spacial score (nSPS) is 23.6. The number of rotatable bonds is 2. The van der Waals surface area contributed by atoms with Crippen LogP contribution in [-0.4, -0.2) is 40.5 Å². The van der Waals surface area contributed by atoms with Crippen molar-refractivity contribution in [3.05, 3.63) is 22.4 Å². The van der Waals surface area contributed by atoms with Gasteiger partial charge in [-0.15, -0.1) is 5.10 Å². The first-order valence-electron chi connectivity index (χ1n) is 6.78. The number of halogens is 1. The van der Waals surface area contributed by atoms with Crippen molar-refractivity contribution in [1.29, 1.82) is 0 Å². The van der Waals surface area contributed by atoms with Crippen LogP contribution in [0.1, 0.15) is 37.3 Å². The fourth-order valence-electron chi connectivity index (χ4n) is 2.79. The van der Waals surface area contributed by atoms with E-state index < -0.39 is 9.84 Å². The third-order valence-electron chi connectivity index (χ3n) is 3.92. The summed E-state index contributed by atoms with van der Waals surface area (Å²) in [6.07, 6.45) is 5.67. The number of aromatic nitrogens is 3. The minimum atomic E-state index is -3.44. The second kappa shape index (κ2) is 5.33. The van der Waals surface area contributed by atoms with Crippen molar-refractivity contribution in [3.8, 4) is 0 Å². The number of aliphatic hydroxyl groups is 1. The molecule has 1 aliphatic rings. The van der Waals surface area contributed by atoms with Crippen LogP contribution in [0.2, 0.25) is 0 Å². The topological polar surface area (TPSA) is 84.6 Å². The summed E-state index contributed by atoms with van der Waals surface area (Å²) in [6.45, 7) is 0. The highest BCUT2D eigenvalue weighted by atomic mass is 79.9. The van der Waals surface area contributed by atoms with E-state index in [1.165, 1.54) is 6.20 Å². The molecule has 0 bridgehead atoms. The van der Waals surface area contributed by atoms with Gasteiger partial charge >= 0.3 is 0 Å². The maximum absolute atomic E-state index is 11.6. The Morgan fingerprint density at radius 1 is 1.33 bits per heavy atom. The number of hydrogen-bond acceptors (Lipinski definition) is 5. The monoisotopic (exact) mass is 373 g/mol. The van der Waals surface area contributed by atoms with Gasteiger partial charge in [-0.25, -0.2) is 17.9 Å². The lowest BCUT2D eigenvalue weighted by Gasteiger charge is -2.25. The summed E-state index contributed by atoms with van der Waals surface area (Å²) in [5.74, 6) is 0.273. The number of sulfone groups is 1. The predicted octanol–water partition coefficient (Wildman–Crippen LogP) is 1.91. The third kappa shape index (κ3) is 2.84. The Kier molecular flexibility index (Phi) is 3.79. The highest BCUT2D eigenvalue weighted by molar-refractivity contribution is 9.10. The van der Waals surface area contributed by atoms with Crippen molar-refractivity contribution >= 4 is 31.3 Å². The first-order chi connectivity index (χ1) is 9.86. The molecule has 0 radical (unpaired) electrons. The zero-order valence-electron chi connectivity index (χ0n) is 11.5.